The van der Waals surface area contributed by atoms with Crippen LogP contribution in [0.1, 0.15) is 13.3 Å². The third kappa shape index (κ3) is 4.30. The van der Waals surface area contributed by atoms with Gasteiger partial charge in [-0.15, -0.1) is 10.2 Å². The van der Waals surface area contributed by atoms with E-state index in [2.05, 4.69) is 15.5 Å². The van der Waals surface area contributed by atoms with Crippen molar-refractivity contribution in [3.63, 3.8) is 0 Å². The van der Waals surface area contributed by atoms with Crippen LogP contribution >= 0.6 is 23.4 Å². The first kappa shape index (κ1) is 17.7. The van der Waals surface area contributed by atoms with Crippen molar-refractivity contribution in [3.8, 4) is 11.3 Å². The summed E-state index contributed by atoms with van der Waals surface area (Å²) in [4.78, 5) is 11.8. The van der Waals surface area contributed by atoms with Crippen LogP contribution in [0.4, 0.5) is 0 Å². The molecule has 25 heavy (non-hydrogen) atoms. The van der Waals surface area contributed by atoms with Crippen molar-refractivity contribution in [1.29, 1.82) is 0 Å². The van der Waals surface area contributed by atoms with Crippen molar-refractivity contribution < 1.29 is 4.79 Å². The zero-order chi connectivity index (χ0) is 17.6. The molecule has 3 rings (SSSR count). The molecule has 4 nitrogen and oxygen atoms in total. The number of benzene rings is 2. The molecule has 0 unspecified atom stereocenters. The van der Waals surface area contributed by atoms with Gasteiger partial charge in [0.2, 0.25) is 5.91 Å². The summed E-state index contributed by atoms with van der Waals surface area (Å²) in [6, 6.07) is 15.5. The molecule has 0 radical (unpaired) electrons. The Hall–Kier alpha value is -2.11. The van der Waals surface area contributed by atoms with Crippen LogP contribution in [0.3, 0.4) is 0 Å². The number of thioether (sulfide) groups is 1. The number of carbonyl (C=O) groups excluding carboxylic acids is 1. The van der Waals surface area contributed by atoms with Crippen LogP contribution in [0.2, 0.25) is 5.02 Å². The minimum Gasteiger partial charge on any atom is -0.355 e. The molecule has 6 heteroatoms. The van der Waals surface area contributed by atoms with E-state index in [9.17, 15) is 4.79 Å². The lowest BCUT2D eigenvalue weighted by Gasteiger charge is -2.09. The maximum Gasteiger partial charge on any atom is 0.230 e. The monoisotopic (exact) mass is 371 g/mol. The zero-order valence-corrected chi connectivity index (χ0v) is 15.4. The van der Waals surface area contributed by atoms with E-state index in [-0.39, 0.29) is 5.91 Å². The molecule has 2 aromatic carbocycles. The highest BCUT2D eigenvalue weighted by atomic mass is 35.5. The zero-order valence-electron chi connectivity index (χ0n) is 13.8. The average Bonchev–Trinajstić information content (AvgIpc) is 2.65. The molecule has 0 fully saturated rings. The molecular formula is C19H18ClN3OS. The van der Waals surface area contributed by atoms with Gasteiger partial charge in [-0.1, -0.05) is 66.7 Å². The summed E-state index contributed by atoms with van der Waals surface area (Å²) in [5.41, 5.74) is 1.78. The Morgan fingerprint density at radius 1 is 1.08 bits per heavy atom. The molecule has 0 bridgehead atoms. The first-order chi connectivity index (χ1) is 12.2. The number of halogens is 1. The van der Waals surface area contributed by atoms with Crippen molar-refractivity contribution in [2.45, 2.75) is 18.4 Å². The molecule has 0 saturated heterocycles. The predicted molar refractivity (Wildman–Crippen MR) is 104 cm³/mol. The highest BCUT2D eigenvalue weighted by Gasteiger charge is 2.12. The van der Waals surface area contributed by atoms with Crippen LogP contribution in [0, 0.1) is 0 Å². The van der Waals surface area contributed by atoms with Gasteiger partial charge in [-0.2, -0.15) is 0 Å². The van der Waals surface area contributed by atoms with Gasteiger partial charge in [0.1, 0.15) is 10.7 Å². The average molecular weight is 372 g/mol. The topological polar surface area (TPSA) is 54.9 Å². The lowest BCUT2D eigenvalue weighted by molar-refractivity contribution is -0.118. The highest BCUT2D eigenvalue weighted by molar-refractivity contribution is 8.00. The molecule has 0 aliphatic carbocycles. The van der Waals surface area contributed by atoms with Gasteiger partial charge < -0.3 is 5.32 Å². The van der Waals surface area contributed by atoms with E-state index in [1.165, 1.54) is 11.8 Å². The number of nitrogens with one attached hydrogen (secondary N) is 1. The van der Waals surface area contributed by atoms with E-state index in [1.54, 1.807) is 0 Å². The third-order valence-electron chi connectivity index (χ3n) is 3.68. The Morgan fingerprint density at radius 3 is 2.52 bits per heavy atom. The van der Waals surface area contributed by atoms with Crippen LogP contribution in [0.15, 0.2) is 53.6 Å². The van der Waals surface area contributed by atoms with Gasteiger partial charge >= 0.3 is 0 Å². The molecule has 128 valence electrons. The van der Waals surface area contributed by atoms with Crippen molar-refractivity contribution >= 4 is 40.0 Å². The predicted octanol–water partition coefficient (Wildman–Crippen LogP) is 4.57. The molecule has 0 spiro atoms. The highest BCUT2D eigenvalue weighted by Crippen LogP contribution is 2.32. The van der Waals surface area contributed by atoms with Crippen LogP contribution < -0.4 is 5.32 Å². The van der Waals surface area contributed by atoms with Gasteiger partial charge in [-0.3, -0.25) is 4.79 Å². The van der Waals surface area contributed by atoms with Gasteiger partial charge in [-0.05, 0) is 18.6 Å². The minimum atomic E-state index is 0.0134. The van der Waals surface area contributed by atoms with Crippen LogP contribution in [0.5, 0.6) is 0 Å². The number of carbonyl (C=O) groups is 1. The molecule has 0 atom stereocenters. The van der Waals surface area contributed by atoms with E-state index in [4.69, 9.17) is 11.6 Å². The molecule has 0 saturated carbocycles. The number of aromatic nitrogens is 2. The van der Waals surface area contributed by atoms with Gasteiger partial charge in [-0.25, -0.2) is 0 Å². The molecule has 1 N–H and O–H groups in total. The molecule has 0 aliphatic heterocycles. The number of fused-ring (bicyclic) bond motifs is 1. The molecule has 1 amide bonds. The second-order valence-electron chi connectivity index (χ2n) is 5.54. The smallest absolute Gasteiger partial charge is 0.230 e. The molecule has 0 aliphatic rings. The lowest BCUT2D eigenvalue weighted by Crippen LogP contribution is -2.25. The van der Waals surface area contributed by atoms with Crippen LogP contribution in [-0.4, -0.2) is 28.4 Å². The second-order valence-corrected chi connectivity index (χ2v) is 6.95. The summed E-state index contributed by atoms with van der Waals surface area (Å²) in [7, 11) is 0. The molecule has 1 heterocycles. The summed E-state index contributed by atoms with van der Waals surface area (Å²) in [6.45, 7) is 2.73. The molecule has 3 aromatic rings. The quantitative estimate of drug-likeness (QED) is 0.645. The van der Waals surface area contributed by atoms with Crippen molar-refractivity contribution in [1.82, 2.24) is 15.5 Å². The number of nitrogens with zero attached hydrogens (tertiary/aromatic N) is 2. The Balaban J connectivity index is 1.91. The number of hydrogen-bond donors (Lipinski definition) is 1. The maximum atomic E-state index is 11.8. The van der Waals surface area contributed by atoms with Gasteiger partial charge in [0.05, 0.1) is 5.75 Å². The lowest BCUT2D eigenvalue weighted by atomic mass is 10.1. The Bertz CT molecular complexity index is 883. The summed E-state index contributed by atoms with van der Waals surface area (Å²) in [5.74, 6) is 0.346. The van der Waals surface area contributed by atoms with Crippen molar-refractivity contribution in [2.75, 3.05) is 12.3 Å². The van der Waals surface area contributed by atoms with Crippen LogP contribution in [0.25, 0.3) is 22.0 Å². The second kappa shape index (κ2) is 8.32. The van der Waals surface area contributed by atoms with Gasteiger partial charge in [0.25, 0.3) is 0 Å². The fourth-order valence-electron chi connectivity index (χ4n) is 2.46. The Morgan fingerprint density at radius 2 is 1.80 bits per heavy atom. The van der Waals surface area contributed by atoms with Crippen molar-refractivity contribution in [3.05, 3.63) is 53.6 Å². The fraction of sp³-hybridized carbons (Fsp3) is 0.211. The van der Waals surface area contributed by atoms with Gasteiger partial charge in [0.15, 0.2) is 0 Å². The normalized spacial score (nSPS) is 10.8. The SMILES string of the molecule is CCCNC(=O)CSc1nnc(-c2ccc(Cl)cc2)c2ccccc12. The largest absolute Gasteiger partial charge is 0.355 e. The number of rotatable bonds is 6. The van der Waals surface area contributed by atoms with Crippen molar-refractivity contribution in [2.24, 2.45) is 0 Å². The summed E-state index contributed by atoms with van der Waals surface area (Å²) in [5, 5.41) is 15.1. The summed E-state index contributed by atoms with van der Waals surface area (Å²) < 4.78 is 0. The maximum absolute atomic E-state index is 11.8. The summed E-state index contributed by atoms with van der Waals surface area (Å²) in [6.07, 6.45) is 0.926. The first-order valence-corrected chi connectivity index (χ1v) is 9.46. The molecular weight excluding hydrogens is 354 g/mol. The molecule has 1 aromatic heterocycles. The standard InChI is InChI=1S/C19H18ClN3OS/c1-2-11-21-17(24)12-25-19-16-6-4-3-5-15(16)18(22-23-19)13-7-9-14(20)10-8-13/h3-10H,2,11-12H2,1H3,(H,21,24). The van der Waals surface area contributed by atoms with E-state index < -0.39 is 0 Å². The summed E-state index contributed by atoms with van der Waals surface area (Å²) >= 11 is 7.38. The number of amides is 1. The Labute approximate surface area is 156 Å². The Kier molecular flexibility index (Phi) is 5.89. The minimum absolute atomic E-state index is 0.0134. The van der Waals surface area contributed by atoms with E-state index in [0.717, 1.165) is 33.5 Å². The fourth-order valence-corrected chi connectivity index (χ4v) is 3.38. The van der Waals surface area contributed by atoms with Crippen LogP contribution in [-0.2, 0) is 4.79 Å². The van der Waals surface area contributed by atoms with Gasteiger partial charge in [0, 0.05) is 27.9 Å². The van der Waals surface area contributed by atoms with E-state index in [1.807, 2.05) is 55.5 Å². The third-order valence-corrected chi connectivity index (χ3v) is 4.92. The van der Waals surface area contributed by atoms with E-state index >= 15 is 0 Å². The van der Waals surface area contributed by atoms with E-state index in [0.29, 0.717) is 17.3 Å². The first-order valence-electron chi connectivity index (χ1n) is 8.10. The number of hydrogen-bond acceptors (Lipinski definition) is 4.